The minimum Gasteiger partial charge on any atom is -0.330 e. The molecule has 0 saturated heterocycles. The molecule has 0 fully saturated rings. The largest absolute Gasteiger partial charge is 0.330 e. The van der Waals surface area contributed by atoms with Gasteiger partial charge in [0.25, 0.3) is 5.69 Å². The highest BCUT2D eigenvalue weighted by Gasteiger charge is 2.30. The molecule has 1 rings (SSSR count). The number of aryl methyl sites for hydroxylation is 2. The van der Waals surface area contributed by atoms with Crippen molar-refractivity contribution in [2.24, 2.45) is 5.73 Å². The van der Waals surface area contributed by atoms with Crippen molar-refractivity contribution in [2.75, 3.05) is 20.1 Å². The van der Waals surface area contributed by atoms with E-state index in [1.165, 1.54) is 24.3 Å². The zero-order valence-electron chi connectivity index (χ0n) is 12.7. The number of hydrogen-bond donors (Lipinski definition) is 1. The Balaban J connectivity index is 3.49. The molecule has 0 amide bonds. The lowest BCUT2D eigenvalue weighted by Crippen LogP contribution is -2.30. The maximum Gasteiger partial charge on any atom is 0.276 e. The summed E-state index contributed by atoms with van der Waals surface area (Å²) in [6, 6.07) is 1.54. The summed E-state index contributed by atoms with van der Waals surface area (Å²) >= 11 is 0. The van der Waals surface area contributed by atoms with Crippen LogP contribution in [0, 0.1) is 30.9 Å². The third-order valence-electron chi connectivity index (χ3n) is 3.39. The van der Waals surface area contributed by atoms with Crippen molar-refractivity contribution >= 4 is 15.7 Å². The van der Waals surface area contributed by atoms with Crippen LogP contribution in [0.2, 0.25) is 0 Å². The Labute approximate surface area is 124 Å². The third kappa shape index (κ3) is 3.39. The molecule has 118 valence electrons. The lowest BCUT2D eigenvalue weighted by molar-refractivity contribution is -0.386. The van der Waals surface area contributed by atoms with Crippen molar-refractivity contribution in [3.63, 3.8) is 0 Å². The van der Waals surface area contributed by atoms with E-state index < -0.39 is 14.9 Å². The fourth-order valence-corrected chi connectivity index (χ4v) is 4.06. The van der Waals surface area contributed by atoms with Crippen molar-refractivity contribution in [1.82, 2.24) is 4.31 Å². The van der Waals surface area contributed by atoms with Gasteiger partial charge in [0.1, 0.15) is 0 Å². The fraction of sp³-hybridized carbons (Fsp3) is 0.538. The highest BCUT2D eigenvalue weighted by Crippen LogP contribution is 2.33. The Kier molecular flexibility index (Phi) is 5.43. The zero-order valence-corrected chi connectivity index (χ0v) is 13.5. The molecule has 2 N–H and O–H groups in total. The Morgan fingerprint density at radius 2 is 1.86 bits per heavy atom. The molecular formula is C13H21N3O4S. The number of nitro benzene ring substituents is 1. The van der Waals surface area contributed by atoms with E-state index in [2.05, 4.69) is 0 Å². The third-order valence-corrected chi connectivity index (χ3v) is 5.54. The number of sulfonamides is 1. The molecule has 0 heterocycles. The van der Waals surface area contributed by atoms with E-state index in [-0.39, 0.29) is 22.7 Å². The molecule has 0 spiro atoms. The predicted molar refractivity (Wildman–Crippen MR) is 80.8 cm³/mol. The second kappa shape index (κ2) is 6.50. The van der Waals surface area contributed by atoms with Gasteiger partial charge in [-0.15, -0.1) is 0 Å². The number of rotatable bonds is 6. The molecular weight excluding hydrogens is 294 g/mol. The van der Waals surface area contributed by atoms with Gasteiger partial charge in [-0.3, -0.25) is 10.1 Å². The molecule has 1 aromatic carbocycles. The van der Waals surface area contributed by atoms with Crippen LogP contribution >= 0.6 is 0 Å². The van der Waals surface area contributed by atoms with Crippen molar-refractivity contribution < 1.29 is 13.3 Å². The molecule has 0 aliphatic heterocycles. The highest BCUT2D eigenvalue weighted by molar-refractivity contribution is 7.89. The minimum absolute atomic E-state index is 0.0133. The van der Waals surface area contributed by atoms with Gasteiger partial charge in [0, 0.05) is 24.7 Å². The molecule has 7 nitrogen and oxygen atoms in total. The molecule has 0 radical (unpaired) electrons. The van der Waals surface area contributed by atoms with E-state index >= 15 is 0 Å². The summed E-state index contributed by atoms with van der Waals surface area (Å²) in [6.45, 7) is 5.38. The van der Waals surface area contributed by atoms with Crippen LogP contribution in [0.4, 0.5) is 5.69 Å². The number of benzene rings is 1. The molecule has 21 heavy (non-hydrogen) atoms. The van der Waals surface area contributed by atoms with Crippen molar-refractivity contribution in [1.29, 1.82) is 0 Å². The smallest absolute Gasteiger partial charge is 0.276 e. The molecule has 0 saturated carbocycles. The van der Waals surface area contributed by atoms with Crippen LogP contribution in [0.25, 0.3) is 0 Å². The first-order chi connectivity index (χ1) is 9.64. The van der Waals surface area contributed by atoms with E-state index in [0.717, 1.165) is 0 Å². The number of nitro groups is 1. The predicted octanol–water partition coefficient (Wildman–Crippen LogP) is 1.49. The number of hydrogen-bond acceptors (Lipinski definition) is 5. The SMILES string of the molecule is Cc1cc(C)c(S(=O)(=O)N(C)CCCN)c(C)c1[N+](=O)[O-]. The summed E-state index contributed by atoms with van der Waals surface area (Å²) < 4.78 is 26.4. The van der Waals surface area contributed by atoms with E-state index in [4.69, 9.17) is 5.73 Å². The van der Waals surface area contributed by atoms with Crippen molar-refractivity contribution in [2.45, 2.75) is 32.1 Å². The average molecular weight is 315 g/mol. The number of nitrogens with zero attached hydrogens (tertiary/aromatic N) is 2. The minimum atomic E-state index is -3.77. The zero-order chi connectivity index (χ0) is 16.4. The van der Waals surface area contributed by atoms with E-state index in [9.17, 15) is 18.5 Å². The Hall–Kier alpha value is -1.51. The molecule has 8 heteroatoms. The Morgan fingerprint density at radius 1 is 1.29 bits per heavy atom. The van der Waals surface area contributed by atoms with Gasteiger partial charge in [-0.05, 0) is 45.4 Å². The van der Waals surface area contributed by atoms with Crippen molar-refractivity contribution in [3.05, 3.63) is 32.9 Å². The maximum atomic E-state index is 12.6. The first-order valence-electron chi connectivity index (χ1n) is 6.56. The molecule has 0 aromatic heterocycles. The van der Waals surface area contributed by atoms with Gasteiger partial charge in [-0.25, -0.2) is 12.7 Å². The molecule has 0 unspecified atom stereocenters. The second-order valence-corrected chi connectivity index (χ2v) is 7.02. The van der Waals surface area contributed by atoms with E-state index in [1.54, 1.807) is 13.8 Å². The number of nitrogens with two attached hydrogens (primary N) is 1. The summed E-state index contributed by atoms with van der Waals surface area (Å²) in [5.41, 5.74) is 6.39. The monoisotopic (exact) mass is 315 g/mol. The fourth-order valence-electron chi connectivity index (χ4n) is 2.43. The van der Waals surface area contributed by atoms with Gasteiger partial charge in [0.15, 0.2) is 0 Å². The summed E-state index contributed by atoms with van der Waals surface area (Å²) in [4.78, 5) is 10.6. The lowest BCUT2D eigenvalue weighted by atomic mass is 10.1. The summed E-state index contributed by atoms with van der Waals surface area (Å²) in [7, 11) is -2.32. The molecule has 0 bridgehead atoms. The normalized spacial score (nSPS) is 11.9. The van der Waals surface area contributed by atoms with Gasteiger partial charge in [-0.2, -0.15) is 0 Å². The van der Waals surface area contributed by atoms with Crippen molar-refractivity contribution in [3.8, 4) is 0 Å². The van der Waals surface area contributed by atoms with Gasteiger partial charge in [-0.1, -0.05) is 0 Å². The first-order valence-corrected chi connectivity index (χ1v) is 8.00. The summed E-state index contributed by atoms with van der Waals surface area (Å²) in [5, 5.41) is 11.2. The second-order valence-electron chi connectivity index (χ2n) is 5.04. The van der Waals surface area contributed by atoms with Crippen LogP contribution in [-0.4, -0.2) is 37.8 Å². The molecule has 0 aliphatic rings. The quantitative estimate of drug-likeness (QED) is 0.632. The molecule has 0 aliphatic carbocycles. The Bertz CT molecular complexity index is 656. The average Bonchev–Trinajstić information content (AvgIpc) is 2.33. The van der Waals surface area contributed by atoms with Gasteiger partial charge in [0.2, 0.25) is 10.0 Å². The van der Waals surface area contributed by atoms with Gasteiger partial charge < -0.3 is 5.73 Å². The standard InChI is InChI=1S/C13H21N3O4S/c1-9-8-10(2)13(11(3)12(9)16(17)18)21(19,20)15(4)7-5-6-14/h8H,5-7,14H2,1-4H3. The lowest BCUT2D eigenvalue weighted by Gasteiger charge is -2.20. The molecule has 1 aromatic rings. The topological polar surface area (TPSA) is 107 Å². The van der Waals surface area contributed by atoms with Crippen LogP contribution < -0.4 is 5.73 Å². The highest BCUT2D eigenvalue weighted by atomic mass is 32.2. The van der Waals surface area contributed by atoms with E-state index in [0.29, 0.717) is 24.1 Å². The van der Waals surface area contributed by atoms with Crippen LogP contribution in [0.15, 0.2) is 11.0 Å². The maximum absolute atomic E-state index is 12.6. The van der Waals surface area contributed by atoms with E-state index in [1.807, 2.05) is 0 Å². The van der Waals surface area contributed by atoms with Crippen LogP contribution in [0.5, 0.6) is 0 Å². The van der Waals surface area contributed by atoms with Crippen LogP contribution in [-0.2, 0) is 10.0 Å². The van der Waals surface area contributed by atoms with Crippen LogP contribution in [0.1, 0.15) is 23.1 Å². The Morgan fingerprint density at radius 3 is 2.33 bits per heavy atom. The summed E-state index contributed by atoms with van der Waals surface area (Å²) in [6.07, 6.45) is 0.530. The summed E-state index contributed by atoms with van der Waals surface area (Å²) in [5.74, 6) is 0. The van der Waals surface area contributed by atoms with Gasteiger partial charge in [0.05, 0.1) is 9.82 Å². The molecule has 0 atom stereocenters. The van der Waals surface area contributed by atoms with Crippen LogP contribution in [0.3, 0.4) is 0 Å². The first kappa shape index (κ1) is 17.5. The van der Waals surface area contributed by atoms with Gasteiger partial charge >= 0.3 is 0 Å².